The van der Waals surface area contributed by atoms with Crippen LogP contribution in [0.15, 0.2) is 0 Å². The predicted octanol–water partition coefficient (Wildman–Crippen LogP) is 2.33. The minimum absolute atomic E-state index is 0.0137. The van der Waals surface area contributed by atoms with Crippen LogP contribution in [0.5, 0.6) is 0 Å². The molecule has 0 radical (unpaired) electrons. The van der Waals surface area contributed by atoms with Crippen molar-refractivity contribution in [2.24, 2.45) is 5.92 Å². The van der Waals surface area contributed by atoms with E-state index in [2.05, 4.69) is 19.2 Å². The van der Waals surface area contributed by atoms with Crippen molar-refractivity contribution >= 4 is 11.8 Å². The molecule has 1 rings (SSSR count). The minimum atomic E-state index is -0.709. The van der Waals surface area contributed by atoms with Gasteiger partial charge in [0.05, 0.1) is 0 Å². The highest BCUT2D eigenvalue weighted by molar-refractivity contribution is 5.99. The second-order valence-corrected chi connectivity index (χ2v) is 6.00. The number of carbonyl (C=O) groups is 2. The summed E-state index contributed by atoms with van der Waals surface area (Å²) < 4.78 is 0. The Hall–Kier alpha value is -1.06. The fraction of sp³-hybridized carbons (Fsp3) is 0.867. The third-order valence-electron chi connectivity index (χ3n) is 4.47. The van der Waals surface area contributed by atoms with Crippen LogP contribution in [0, 0.1) is 5.92 Å². The molecule has 4 nitrogen and oxygen atoms in total. The predicted molar refractivity (Wildman–Crippen MR) is 76.7 cm³/mol. The number of hydrogen-bond acceptors (Lipinski definition) is 2. The van der Waals surface area contributed by atoms with Gasteiger partial charge in [0.2, 0.25) is 11.8 Å². The summed E-state index contributed by atoms with van der Waals surface area (Å²) in [5.41, 5.74) is -0.709. The molecule has 1 aliphatic heterocycles. The number of piperazine rings is 1. The molecule has 0 saturated carbocycles. The van der Waals surface area contributed by atoms with Crippen LogP contribution in [0.25, 0.3) is 0 Å². The van der Waals surface area contributed by atoms with Gasteiger partial charge in [0, 0.05) is 6.04 Å². The first-order valence-corrected chi connectivity index (χ1v) is 7.47. The van der Waals surface area contributed by atoms with Gasteiger partial charge < -0.3 is 10.2 Å². The molecule has 1 heterocycles. The zero-order valence-corrected chi connectivity index (χ0v) is 13.1. The Labute approximate surface area is 116 Å². The molecule has 0 bridgehead atoms. The van der Waals surface area contributed by atoms with Gasteiger partial charge in [-0.3, -0.25) is 9.59 Å². The molecule has 110 valence electrons. The lowest BCUT2D eigenvalue weighted by Crippen LogP contribution is -2.72. The number of carbonyl (C=O) groups excluding carboxylic acids is 2. The first-order chi connectivity index (χ1) is 8.83. The van der Waals surface area contributed by atoms with E-state index in [0.29, 0.717) is 6.42 Å². The van der Waals surface area contributed by atoms with Crippen LogP contribution in [-0.4, -0.2) is 34.3 Å². The first kappa shape index (κ1) is 16.0. The lowest BCUT2D eigenvalue weighted by molar-refractivity contribution is -0.161. The Balaban J connectivity index is 3.21. The van der Waals surface area contributed by atoms with Gasteiger partial charge in [-0.1, -0.05) is 34.6 Å². The molecule has 0 spiro atoms. The van der Waals surface area contributed by atoms with Crippen LogP contribution >= 0.6 is 0 Å². The van der Waals surface area contributed by atoms with E-state index in [9.17, 15) is 9.59 Å². The van der Waals surface area contributed by atoms with E-state index >= 15 is 0 Å². The molecule has 2 unspecified atom stereocenters. The van der Waals surface area contributed by atoms with Crippen LogP contribution in [-0.2, 0) is 9.59 Å². The Morgan fingerprint density at radius 2 is 1.74 bits per heavy atom. The fourth-order valence-electron chi connectivity index (χ4n) is 2.88. The second-order valence-electron chi connectivity index (χ2n) is 6.00. The summed E-state index contributed by atoms with van der Waals surface area (Å²) in [7, 11) is 0. The molecular weight excluding hydrogens is 240 g/mol. The zero-order chi connectivity index (χ0) is 14.8. The lowest BCUT2D eigenvalue weighted by atomic mass is 9.85. The van der Waals surface area contributed by atoms with Gasteiger partial charge in [-0.25, -0.2) is 0 Å². The lowest BCUT2D eigenvalue weighted by Gasteiger charge is -2.50. The molecule has 19 heavy (non-hydrogen) atoms. The van der Waals surface area contributed by atoms with Crippen LogP contribution in [0.1, 0.15) is 60.8 Å². The SMILES string of the molecule is CCC(CC)N1C(=O)C(C(C)C)NC(=O)C1(C)CC. The maximum atomic E-state index is 12.8. The molecule has 0 aromatic carbocycles. The van der Waals surface area contributed by atoms with Crippen molar-refractivity contribution in [3.8, 4) is 0 Å². The molecule has 0 aromatic heterocycles. The van der Waals surface area contributed by atoms with Crippen LogP contribution in [0.2, 0.25) is 0 Å². The minimum Gasteiger partial charge on any atom is -0.342 e. The number of hydrogen-bond donors (Lipinski definition) is 1. The van der Waals surface area contributed by atoms with E-state index in [-0.39, 0.29) is 29.8 Å². The van der Waals surface area contributed by atoms with Crippen molar-refractivity contribution < 1.29 is 9.59 Å². The molecule has 2 amide bonds. The highest BCUT2D eigenvalue weighted by Crippen LogP contribution is 2.31. The van der Waals surface area contributed by atoms with Gasteiger partial charge in [0.25, 0.3) is 0 Å². The highest BCUT2D eigenvalue weighted by Gasteiger charge is 2.50. The molecule has 1 N–H and O–H groups in total. The van der Waals surface area contributed by atoms with E-state index in [1.807, 2.05) is 32.6 Å². The summed E-state index contributed by atoms with van der Waals surface area (Å²) in [5, 5.41) is 2.91. The number of amides is 2. The van der Waals surface area contributed by atoms with E-state index in [1.54, 1.807) is 0 Å². The molecule has 1 saturated heterocycles. The molecule has 1 aliphatic rings. The summed E-state index contributed by atoms with van der Waals surface area (Å²) in [6.07, 6.45) is 2.41. The summed E-state index contributed by atoms with van der Waals surface area (Å²) in [4.78, 5) is 27.1. The third kappa shape index (κ3) is 2.63. The van der Waals surface area contributed by atoms with Crippen molar-refractivity contribution in [2.75, 3.05) is 0 Å². The molecule has 1 fully saturated rings. The summed E-state index contributed by atoms with van der Waals surface area (Å²) in [6, 6.07) is -0.238. The van der Waals surface area contributed by atoms with Crippen LogP contribution in [0.3, 0.4) is 0 Å². The molecule has 4 heteroatoms. The Kier molecular flexibility index (Phi) is 4.99. The van der Waals surface area contributed by atoms with Crippen molar-refractivity contribution in [1.29, 1.82) is 0 Å². The van der Waals surface area contributed by atoms with E-state index in [4.69, 9.17) is 0 Å². The van der Waals surface area contributed by atoms with Gasteiger partial charge >= 0.3 is 0 Å². The normalized spacial score (nSPS) is 28.2. The number of nitrogens with zero attached hydrogens (tertiary/aromatic N) is 1. The molecule has 0 aliphatic carbocycles. The number of rotatable bonds is 5. The van der Waals surface area contributed by atoms with E-state index < -0.39 is 5.54 Å². The Morgan fingerprint density at radius 1 is 1.21 bits per heavy atom. The first-order valence-electron chi connectivity index (χ1n) is 7.47. The molecular formula is C15H28N2O2. The second kappa shape index (κ2) is 5.93. The maximum Gasteiger partial charge on any atom is 0.246 e. The summed E-state index contributed by atoms with van der Waals surface area (Å²) in [6.45, 7) is 12.0. The largest absolute Gasteiger partial charge is 0.342 e. The van der Waals surface area contributed by atoms with Gasteiger partial charge in [-0.15, -0.1) is 0 Å². The molecule has 2 atom stereocenters. The van der Waals surface area contributed by atoms with Crippen molar-refractivity contribution in [2.45, 2.75) is 78.4 Å². The maximum absolute atomic E-state index is 12.8. The fourth-order valence-corrected chi connectivity index (χ4v) is 2.88. The quantitative estimate of drug-likeness (QED) is 0.832. The average molecular weight is 268 g/mol. The average Bonchev–Trinajstić information content (AvgIpc) is 2.38. The summed E-state index contributed by atoms with van der Waals surface area (Å²) >= 11 is 0. The van der Waals surface area contributed by atoms with Gasteiger partial charge in [0.1, 0.15) is 11.6 Å². The smallest absolute Gasteiger partial charge is 0.246 e. The molecule has 0 aromatic rings. The standard InChI is InChI=1S/C15H28N2O2/c1-7-11(8-2)17-13(18)12(10(4)5)16-14(19)15(17,6)9-3/h10-12H,7-9H2,1-6H3,(H,16,19). The van der Waals surface area contributed by atoms with Gasteiger partial charge in [-0.2, -0.15) is 0 Å². The monoisotopic (exact) mass is 268 g/mol. The van der Waals surface area contributed by atoms with E-state index in [1.165, 1.54) is 0 Å². The van der Waals surface area contributed by atoms with Crippen molar-refractivity contribution in [3.63, 3.8) is 0 Å². The summed E-state index contributed by atoms with van der Waals surface area (Å²) in [5.74, 6) is 0.183. The zero-order valence-electron chi connectivity index (χ0n) is 13.1. The van der Waals surface area contributed by atoms with E-state index in [0.717, 1.165) is 12.8 Å². The van der Waals surface area contributed by atoms with Crippen LogP contribution in [0.4, 0.5) is 0 Å². The third-order valence-corrected chi connectivity index (χ3v) is 4.47. The number of nitrogens with one attached hydrogen (secondary N) is 1. The van der Waals surface area contributed by atoms with Crippen molar-refractivity contribution in [1.82, 2.24) is 10.2 Å². The van der Waals surface area contributed by atoms with Crippen molar-refractivity contribution in [3.05, 3.63) is 0 Å². The Morgan fingerprint density at radius 3 is 2.11 bits per heavy atom. The van der Waals surface area contributed by atoms with Gasteiger partial charge in [-0.05, 0) is 32.1 Å². The van der Waals surface area contributed by atoms with Gasteiger partial charge in [0.15, 0.2) is 0 Å². The topological polar surface area (TPSA) is 49.4 Å². The Bertz CT molecular complexity index is 350. The highest BCUT2D eigenvalue weighted by atomic mass is 16.2. The van der Waals surface area contributed by atoms with Crippen LogP contribution < -0.4 is 5.32 Å².